The van der Waals surface area contributed by atoms with Gasteiger partial charge in [0.05, 0.1) is 5.02 Å². The highest BCUT2D eigenvalue weighted by Crippen LogP contribution is 2.22. The maximum absolute atomic E-state index is 9.93. The van der Waals surface area contributed by atoms with Crippen molar-refractivity contribution in [2.24, 2.45) is 0 Å². The molecule has 1 aromatic carbocycles. The molecule has 0 aliphatic heterocycles. The van der Waals surface area contributed by atoms with Gasteiger partial charge in [-0.3, -0.25) is 0 Å². The quantitative estimate of drug-likeness (QED) is 0.481. The first-order valence-electron chi connectivity index (χ1n) is 2.83. The Kier molecular flexibility index (Phi) is 2.33. The van der Waals surface area contributed by atoms with Gasteiger partial charge in [-0.2, -0.15) is 9.90 Å². The zero-order valence-electron chi connectivity index (χ0n) is 5.41. The molecule has 0 amide bonds. The van der Waals surface area contributed by atoms with Crippen LogP contribution in [-0.4, -0.2) is 6.16 Å². The van der Waals surface area contributed by atoms with Crippen LogP contribution in [0.2, 0.25) is 5.02 Å². The molecule has 0 heterocycles. The van der Waals surface area contributed by atoms with Crippen LogP contribution in [0.25, 0.3) is 0 Å². The lowest BCUT2D eigenvalue weighted by atomic mass is 10.3. The van der Waals surface area contributed by atoms with Crippen molar-refractivity contribution in [3.8, 4) is 5.75 Å². The average Bonchev–Trinajstić information content (AvgIpc) is 1.93. The first-order chi connectivity index (χ1) is 5.20. The van der Waals surface area contributed by atoms with Crippen LogP contribution in [0.1, 0.15) is 0 Å². The van der Waals surface area contributed by atoms with Gasteiger partial charge in [0.15, 0.2) is 5.75 Å². The Bertz CT molecular complexity index is 272. The van der Waals surface area contributed by atoms with E-state index in [1.165, 1.54) is 12.1 Å². The number of carbonyl (C=O) groups excluding carboxylic acids is 1. The SMILES string of the molecule is [O]C(=O)Oc1ccccc1Cl. The second-order valence-corrected chi connectivity index (χ2v) is 2.19. The predicted octanol–water partition coefficient (Wildman–Crippen LogP) is 2.27. The summed E-state index contributed by atoms with van der Waals surface area (Å²) in [4.78, 5) is 9.93. The molecule has 57 valence electrons. The highest BCUT2D eigenvalue weighted by molar-refractivity contribution is 6.32. The van der Waals surface area contributed by atoms with E-state index < -0.39 is 6.16 Å². The molecule has 0 aliphatic rings. The van der Waals surface area contributed by atoms with Gasteiger partial charge in [-0.15, -0.1) is 0 Å². The highest BCUT2D eigenvalue weighted by atomic mass is 35.5. The van der Waals surface area contributed by atoms with Gasteiger partial charge in [-0.1, -0.05) is 23.7 Å². The minimum Gasteiger partial charge on any atom is -0.391 e. The minimum absolute atomic E-state index is 0.0918. The van der Waals surface area contributed by atoms with Gasteiger partial charge in [0.25, 0.3) is 0 Å². The summed E-state index contributed by atoms with van der Waals surface area (Å²) in [5.41, 5.74) is 0. The Morgan fingerprint density at radius 2 is 2.00 bits per heavy atom. The third-order valence-corrected chi connectivity index (χ3v) is 1.34. The summed E-state index contributed by atoms with van der Waals surface area (Å²) in [6.07, 6.45) is -1.61. The summed E-state index contributed by atoms with van der Waals surface area (Å²) in [7, 11) is 0. The van der Waals surface area contributed by atoms with Crippen LogP contribution in [-0.2, 0) is 5.11 Å². The van der Waals surface area contributed by atoms with E-state index in [9.17, 15) is 9.90 Å². The van der Waals surface area contributed by atoms with E-state index in [0.29, 0.717) is 0 Å². The summed E-state index contributed by atoms with van der Waals surface area (Å²) in [6.45, 7) is 0. The summed E-state index contributed by atoms with van der Waals surface area (Å²) in [6, 6.07) is 6.26. The van der Waals surface area contributed by atoms with Gasteiger partial charge < -0.3 is 4.74 Å². The monoisotopic (exact) mass is 171 g/mol. The first kappa shape index (κ1) is 7.88. The standard InChI is InChI=1S/C7H4ClO3/c8-5-3-1-2-4-6(5)11-7(9)10/h1-4H. The Hall–Kier alpha value is -1.22. The fourth-order valence-corrected chi connectivity index (χ4v) is 0.792. The second-order valence-electron chi connectivity index (χ2n) is 1.78. The van der Waals surface area contributed by atoms with Crippen molar-refractivity contribution < 1.29 is 14.6 Å². The zero-order chi connectivity index (χ0) is 8.27. The molecule has 1 radical (unpaired) electrons. The number of rotatable bonds is 1. The number of hydrogen-bond acceptors (Lipinski definition) is 2. The maximum atomic E-state index is 9.93. The molecule has 0 saturated heterocycles. The first-order valence-corrected chi connectivity index (χ1v) is 3.21. The van der Waals surface area contributed by atoms with E-state index in [0.717, 1.165) is 0 Å². The van der Waals surface area contributed by atoms with E-state index in [1.807, 2.05) is 0 Å². The van der Waals surface area contributed by atoms with Crippen molar-refractivity contribution in [2.45, 2.75) is 0 Å². The van der Waals surface area contributed by atoms with Crippen LogP contribution in [0.4, 0.5) is 4.79 Å². The lowest BCUT2D eigenvalue weighted by molar-refractivity contribution is 0.117. The zero-order valence-corrected chi connectivity index (χ0v) is 6.17. The number of halogens is 1. The molecular formula is C7H4ClO3. The van der Waals surface area contributed by atoms with Gasteiger partial charge in [0.1, 0.15) is 0 Å². The molecule has 3 nitrogen and oxygen atoms in total. The lowest BCUT2D eigenvalue weighted by Crippen LogP contribution is -2.01. The average molecular weight is 172 g/mol. The molecule has 0 N–H and O–H groups in total. The lowest BCUT2D eigenvalue weighted by Gasteiger charge is -1.98. The number of ether oxygens (including phenoxy) is 1. The Morgan fingerprint density at radius 3 is 2.55 bits per heavy atom. The smallest absolute Gasteiger partial charge is 0.391 e. The fourth-order valence-electron chi connectivity index (χ4n) is 0.617. The third kappa shape index (κ3) is 2.13. The van der Waals surface area contributed by atoms with Crippen LogP contribution in [0, 0.1) is 0 Å². The normalized spacial score (nSPS) is 9.18. The van der Waals surface area contributed by atoms with Gasteiger partial charge in [0, 0.05) is 0 Å². The summed E-state index contributed by atoms with van der Waals surface area (Å²) in [5, 5.41) is 10.2. The van der Waals surface area contributed by atoms with Crippen molar-refractivity contribution in [3.05, 3.63) is 29.3 Å². The van der Waals surface area contributed by atoms with Crippen molar-refractivity contribution in [2.75, 3.05) is 0 Å². The topological polar surface area (TPSA) is 46.2 Å². The Balaban J connectivity index is 2.86. The van der Waals surface area contributed by atoms with Crippen LogP contribution in [0.15, 0.2) is 24.3 Å². The van der Waals surface area contributed by atoms with E-state index in [2.05, 4.69) is 4.74 Å². The van der Waals surface area contributed by atoms with E-state index >= 15 is 0 Å². The highest BCUT2D eigenvalue weighted by Gasteiger charge is 2.05. The largest absolute Gasteiger partial charge is 0.555 e. The number of hydrogen-bond donors (Lipinski definition) is 0. The summed E-state index contributed by atoms with van der Waals surface area (Å²) in [5.74, 6) is 0.0918. The van der Waals surface area contributed by atoms with Gasteiger partial charge >= 0.3 is 6.16 Å². The van der Waals surface area contributed by atoms with Crippen molar-refractivity contribution in [1.29, 1.82) is 0 Å². The minimum atomic E-state index is -1.61. The van der Waals surface area contributed by atoms with E-state index in [1.54, 1.807) is 12.1 Å². The molecule has 11 heavy (non-hydrogen) atoms. The molecule has 0 atom stereocenters. The molecule has 0 aliphatic carbocycles. The van der Waals surface area contributed by atoms with Crippen molar-refractivity contribution >= 4 is 17.8 Å². The molecule has 4 heteroatoms. The Morgan fingerprint density at radius 1 is 1.36 bits per heavy atom. The Labute approximate surface area is 68.2 Å². The molecular weight excluding hydrogens is 168 g/mol. The molecule has 0 fully saturated rings. The summed E-state index contributed by atoms with van der Waals surface area (Å²) < 4.78 is 4.22. The number of benzene rings is 1. The molecule has 0 aromatic heterocycles. The number of carbonyl (C=O) groups is 1. The van der Waals surface area contributed by atoms with Crippen LogP contribution in [0.3, 0.4) is 0 Å². The fraction of sp³-hybridized carbons (Fsp3) is 0. The van der Waals surface area contributed by atoms with Gasteiger partial charge in [-0.25, -0.2) is 0 Å². The maximum Gasteiger partial charge on any atom is 0.555 e. The van der Waals surface area contributed by atoms with E-state index in [4.69, 9.17) is 11.6 Å². The predicted molar refractivity (Wildman–Crippen MR) is 38.2 cm³/mol. The van der Waals surface area contributed by atoms with E-state index in [-0.39, 0.29) is 10.8 Å². The van der Waals surface area contributed by atoms with Gasteiger partial charge in [-0.05, 0) is 12.1 Å². The summed E-state index contributed by atoms with van der Waals surface area (Å²) >= 11 is 5.55. The van der Waals surface area contributed by atoms with Crippen LogP contribution < -0.4 is 4.74 Å². The number of para-hydroxylation sites is 1. The van der Waals surface area contributed by atoms with Crippen LogP contribution >= 0.6 is 11.6 Å². The van der Waals surface area contributed by atoms with Crippen molar-refractivity contribution in [1.82, 2.24) is 0 Å². The van der Waals surface area contributed by atoms with Gasteiger partial charge in [0.2, 0.25) is 0 Å². The van der Waals surface area contributed by atoms with Crippen molar-refractivity contribution in [3.63, 3.8) is 0 Å². The second kappa shape index (κ2) is 3.25. The molecule has 0 unspecified atom stereocenters. The molecule has 0 saturated carbocycles. The molecule has 1 aromatic rings. The molecule has 0 bridgehead atoms. The van der Waals surface area contributed by atoms with Crippen LogP contribution in [0.5, 0.6) is 5.75 Å². The third-order valence-electron chi connectivity index (χ3n) is 1.03. The molecule has 0 spiro atoms. The molecule has 1 rings (SSSR count).